The van der Waals surface area contributed by atoms with Gasteiger partial charge in [-0.25, -0.2) is 9.97 Å². The van der Waals surface area contributed by atoms with Crippen LogP contribution in [0.15, 0.2) is 12.4 Å². The molecule has 1 aliphatic heterocycles. The van der Waals surface area contributed by atoms with Crippen molar-refractivity contribution in [1.29, 1.82) is 0 Å². The lowest BCUT2D eigenvalue weighted by atomic mass is 10.1. The lowest BCUT2D eigenvalue weighted by Gasteiger charge is -2.29. The van der Waals surface area contributed by atoms with E-state index in [0.29, 0.717) is 11.9 Å². The molecule has 5 nitrogen and oxygen atoms in total. The largest absolute Gasteiger partial charge is 0.384 e. The molecule has 0 spiro atoms. The van der Waals surface area contributed by atoms with Crippen molar-refractivity contribution in [3.63, 3.8) is 0 Å². The van der Waals surface area contributed by atoms with Gasteiger partial charge >= 0.3 is 0 Å². The Morgan fingerprint density at radius 3 is 2.80 bits per heavy atom. The second-order valence-electron chi connectivity index (χ2n) is 4.05. The first-order valence-corrected chi connectivity index (χ1v) is 5.26. The normalized spacial score (nSPS) is 19.0. The minimum atomic E-state index is 0.510. The monoisotopic (exact) mass is 207 g/mol. The van der Waals surface area contributed by atoms with Crippen molar-refractivity contribution >= 4 is 11.6 Å². The lowest BCUT2D eigenvalue weighted by Crippen LogP contribution is -2.36. The van der Waals surface area contributed by atoms with Crippen LogP contribution in [0.25, 0.3) is 0 Å². The van der Waals surface area contributed by atoms with Crippen LogP contribution in [0, 0.1) is 0 Å². The third-order valence-corrected chi connectivity index (χ3v) is 2.76. The van der Waals surface area contributed by atoms with Crippen molar-refractivity contribution < 1.29 is 0 Å². The standard InChI is InChI=1S/C10H17N5/c1-15-4-2-8(3-5-15)14-10-6-9(11)12-7-13-10/h6-8H,2-5H2,1H3,(H3,11,12,13,14). The van der Waals surface area contributed by atoms with Crippen LogP contribution < -0.4 is 11.1 Å². The molecule has 2 heterocycles. The number of nitrogens with zero attached hydrogens (tertiary/aromatic N) is 3. The highest BCUT2D eigenvalue weighted by Crippen LogP contribution is 2.14. The molecule has 0 bridgehead atoms. The van der Waals surface area contributed by atoms with Crippen LogP contribution in [0.1, 0.15) is 12.8 Å². The van der Waals surface area contributed by atoms with E-state index in [9.17, 15) is 0 Å². The van der Waals surface area contributed by atoms with Crippen molar-refractivity contribution in [1.82, 2.24) is 14.9 Å². The van der Waals surface area contributed by atoms with Crippen LogP contribution in [-0.2, 0) is 0 Å². The maximum atomic E-state index is 5.59. The van der Waals surface area contributed by atoms with Crippen LogP contribution in [-0.4, -0.2) is 41.0 Å². The Balaban J connectivity index is 1.92. The predicted molar refractivity (Wildman–Crippen MR) is 60.6 cm³/mol. The number of likely N-dealkylation sites (tertiary alicyclic amines) is 1. The first kappa shape index (κ1) is 10.2. The van der Waals surface area contributed by atoms with E-state index in [2.05, 4.69) is 27.2 Å². The summed E-state index contributed by atoms with van der Waals surface area (Å²) in [4.78, 5) is 10.3. The summed E-state index contributed by atoms with van der Waals surface area (Å²) < 4.78 is 0. The summed E-state index contributed by atoms with van der Waals surface area (Å²) in [6.45, 7) is 2.27. The van der Waals surface area contributed by atoms with Crippen molar-refractivity contribution in [2.75, 3.05) is 31.2 Å². The van der Waals surface area contributed by atoms with E-state index in [1.807, 2.05) is 0 Å². The molecule has 1 aromatic heterocycles. The van der Waals surface area contributed by atoms with Crippen LogP contribution in [0.5, 0.6) is 0 Å². The average molecular weight is 207 g/mol. The summed E-state index contributed by atoms with van der Waals surface area (Å²) in [5, 5.41) is 3.38. The first-order chi connectivity index (χ1) is 7.24. The Morgan fingerprint density at radius 1 is 1.40 bits per heavy atom. The van der Waals surface area contributed by atoms with Crippen molar-refractivity contribution in [2.24, 2.45) is 0 Å². The molecule has 1 saturated heterocycles. The van der Waals surface area contributed by atoms with E-state index in [1.54, 1.807) is 6.07 Å². The van der Waals surface area contributed by atoms with E-state index in [1.165, 1.54) is 6.33 Å². The lowest BCUT2D eigenvalue weighted by molar-refractivity contribution is 0.263. The number of hydrogen-bond donors (Lipinski definition) is 2. The molecule has 2 rings (SSSR count). The molecular formula is C10H17N5. The van der Waals surface area contributed by atoms with Crippen LogP contribution >= 0.6 is 0 Å². The van der Waals surface area contributed by atoms with Crippen LogP contribution in [0.4, 0.5) is 11.6 Å². The minimum Gasteiger partial charge on any atom is -0.384 e. The Kier molecular flexibility index (Phi) is 3.01. The van der Waals surface area contributed by atoms with E-state index in [4.69, 9.17) is 5.73 Å². The van der Waals surface area contributed by atoms with E-state index in [-0.39, 0.29) is 0 Å². The van der Waals surface area contributed by atoms with Crippen LogP contribution in [0.2, 0.25) is 0 Å². The number of piperidine rings is 1. The van der Waals surface area contributed by atoms with E-state index < -0.39 is 0 Å². The molecule has 0 amide bonds. The smallest absolute Gasteiger partial charge is 0.131 e. The molecule has 1 fully saturated rings. The van der Waals surface area contributed by atoms with Crippen molar-refractivity contribution in [3.05, 3.63) is 12.4 Å². The van der Waals surface area contributed by atoms with Gasteiger partial charge in [0, 0.05) is 12.1 Å². The van der Waals surface area contributed by atoms with Gasteiger partial charge < -0.3 is 16.0 Å². The fraction of sp³-hybridized carbons (Fsp3) is 0.600. The van der Waals surface area contributed by atoms with E-state index >= 15 is 0 Å². The summed E-state index contributed by atoms with van der Waals surface area (Å²) in [7, 11) is 2.15. The Bertz CT molecular complexity index is 319. The molecule has 0 saturated carbocycles. The fourth-order valence-corrected chi connectivity index (χ4v) is 1.81. The van der Waals surface area contributed by atoms with Gasteiger partial charge in [0.2, 0.25) is 0 Å². The number of anilines is 2. The molecule has 1 aliphatic rings. The van der Waals surface area contributed by atoms with Gasteiger partial charge in [0.1, 0.15) is 18.0 Å². The number of nitrogens with one attached hydrogen (secondary N) is 1. The third-order valence-electron chi connectivity index (χ3n) is 2.76. The SMILES string of the molecule is CN1CCC(Nc2cc(N)ncn2)CC1. The van der Waals surface area contributed by atoms with Gasteiger partial charge in [-0.2, -0.15) is 0 Å². The van der Waals surface area contributed by atoms with Gasteiger partial charge in [-0.15, -0.1) is 0 Å². The first-order valence-electron chi connectivity index (χ1n) is 5.26. The maximum absolute atomic E-state index is 5.59. The molecule has 5 heteroatoms. The topological polar surface area (TPSA) is 67.1 Å². The molecule has 0 unspecified atom stereocenters. The highest BCUT2D eigenvalue weighted by atomic mass is 15.1. The van der Waals surface area contributed by atoms with Gasteiger partial charge in [0.25, 0.3) is 0 Å². The number of nitrogen functional groups attached to an aromatic ring is 1. The molecule has 15 heavy (non-hydrogen) atoms. The Hall–Kier alpha value is -1.36. The highest BCUT2D eigenvalue weighted by Gasteiger charge is 2.16. The number of rotatable bonds is 2. The Morgan fingerprint density at radius 2 is 2.13 bits per heavy atom. The highest BCUT2D eigenvalue weighted by molar-refractivity contribution is 5.43. The molecule has 0 aromatic carbocycles. The van der Waals surface area contributed by atoms with E-state index in [0.717, 1.165) is 31.7 Å². The predicted octanol–water partition coefficient (Wildman–Crippen LogP) is 0.565. The zero-order chi connectivity index (χ0) is 10.7. The molecule has 0 atom stereocenters. The van der Waals surface area contributed by atoms with Gasteiger partial charge in [-0.3, -0.25) is 0 Å². The summed E-state index contributed by atoms with van der Waals surface area (Å²) in [6, 6.07) is 2.29. The van der Waals surface area contributed by atoms with Gasteiger partial charge in [-0.1, -0.05) is 0 Å². The quantitative estimate of drug-likeness (QED) is 0.742. The summed E-state index contributed by atoms with van der Waals surface area (Å²) in [5.41, 5.74) is 5.59. The third kappa shape index (κ3) is 2.79. The molecule has 1 aromatic rings. The fourth-order valence-electron chi connectivity index (χ4n) is 1.81. The van der Waals surface area contributed by atoms with Crippen molar-refractivity contribution in [2.45, 2.75) is 18.9 Å². The minimum absolute atomic E-state index is 0.510. The second-order valence-corrected chi connectivity index (χ2v) is 4.05. The summed E-state index contributed by atoms with van der Waals surface area (Å²) in [5.74, 6) is 1.34. The molecule has 3 N–H and O–H groups in total. The summed E-state index contributed by atoms with van der Waals surface area (Å²) in [6.07, 6.45) is 3.80. The zero-order valence-electron chi connectivity index (χ0n) is 8.98. The number of aromatic nitrogens is 2. The maximum Gasteiger partial charge on any atom is 0.131 e. The Labute approximate surface area is 89.7 Å². The summed E-state index contributed by atoms with van der Waals surface area (Å²) >= 11 is 0. The van der Waals surface area contributed by atoms with Crippen molar-refractivity contribution in [3.8, 4) is 0 Å². The average Bonchev–Trinajstić information content (AvgIpc) is 2.22. The molecular weight excluding hydrogens is 190 g/mol. The molecule has 82 valence electrons. The van der Waals surface area contributed by atoms with Gasteiger partial charge in [0.05, 0.1) is 0 Å². The number of nitrogens with two attached hydrogens (primary N) is 1. The molecule has 0 radical (unpaired) electrons. The van der Waals surface area contributed by atoms with Crippen LogP contribution in [0.3, 0.4) is 0 Å². The van der Waals surface area contributed by atoms with Gasteiger partial charge in [0.15, 0.2) is 0 Å². The second kappa shape index (κ2) is 4.44. The molecule has 0 aliphatic carbocycles. The number of hydrogen-bond acceptors (Lipinski definition) is 5. The zero-order valence-corrected chi connectivity index (χ0v) is 8.98. The van der Waals surface area contributed by atoms with Gasteiger partial charge in [-0.05, 0) is 33.0 Å².